The van der Waals surface area contributed by atoms with Gasteiger partial charge < -0.3 is 24.8 Å². The van der Waals surface area contributed by atoms with Crippen LogP contribution in [0.1, 0.15) is 59.8 Å². The molecule has 0 saturated heterocycles. The second-order valence-corrected chi connectivity index (χ2v) is 16.8. The fourth-order valence-electron chi connectivity index (χ4n) is 11.6. The number of carbonyl (C=O) groups is 3. The van der Waals surface area contributed by atoms with Gasteiger partial charge in [-0.15, -0.1) is 6.58 Å². The average molecular weight is 711 g/mol. The molecule has 0 aromatic rings. The zero-order valence-electron chi connectivity index (χ0n) is 30.8. The van der Waals surface area contributed by atoms with Crippen LogP contribution in [0, 0.1) is 64.6 Å². The average Bonchev–Trinajstić information content (AvgIpc) is 3.89. The van der Waals surface area contributed by atoms with E-state index in [1.165, 1.54) is 0 Å². The Kier molecular flexibility index (Phi) is 9.45. The Balaban J connectivity index is 1.20. The number of aliphatic hydroxyl groups excluding tert-OH is 1. The highest BCUT2D eigenvalue weighted by Crippen LogP contribution is 2.77. The molecule has 3 N–H and O–H groups in total. The highest BCUT2D eigenvalue weighted by Gasteiger charge is 2.85. The molecule has 14 atom stereocenters. The quantitative estimate of drug-likeness (QED) is 0.161. The van der Waals surface area contributed by atoms with Crippen LogP contribution in [0.15, 0.2) is 96.7 Å². The van der Waals surface area contributed by atoms with Crippen molar-refractivity contribution in [2.75, 3.05) is 13.2 Å². The Morgan fingerprint density at radius 1 is 1.02 bits per heavy atom. The van der Waals surface area contributed by atoms with E-state index in [2.05, 4.69) is 25.7 Å². The van der Waals surface area contributed by atoms with E-state index < -0.39 is 64.2 Å². The van der Waals surface area contributed by atoms with Gasteiger partial charge in [0, 0.05) is 29.6 Å². The van der Waals surface area contributed by atoms with Crippen LogP contribution < -0.4 is 0 Å². The van der Waals surface area contributed by atoms with Crippen molar-refractivity contribution in [2.45, 2.75) is 76.6 Å². The lowest BCUT2D eigenvalue weighted by atomic mass is 9.60. The van der Waals surface area contributed by atoms with Crippen molar-refractivity contribution in [3.05, 3.63) is 96.7 Å². The summed E-state index contributed by atoms with van der Waals surface area (Å²) in [5.41, 5.74) is -4.57. The minimum atomic E-state index is -1.89. The molecule has 1 heterocycles. The van der Waals surface area contributed by atoms with E-state index in [-0.39, 0.29) is 67.4 Å². The number of esters is 2. The van der Waals surface area contributed by atoms with Crippen LogP contribution in [0.5, 0.6) is 0 Å². The van der Waals surface area contributed by atoms with Gasteiger partial charge in [0.05, 0.1) is 24.5 Å². The van der Waals surface area contributed by atoms with Crippen LogP contribution >= 0.6 is 0 Å². The third-order valence-corrected chi connectivity index (χ3v) is 14.0. The van der Waals surface area contributed by atoms with Crippen molar-refractivity contribution in [2.24, 2.45) is 64.6 Å². The van der Waals surface area contributed by atoms with Crippen molar-refractivity contribution in [1.29, 1.82) is 0 Å². The van der Waals surface area contributed by atoms with Crippen molar-refractivity contribution in [1.82, 2.24) is 0 Å². The monoisotopic (exact) mass is 710 g/mol. The molecule has 7 rings (SSSR count). The standard InChI is InChI=1S/C44H54O8/c1-6-8-9-10-11-12-13-14-15-17-30-35-29(7-2)36(35)31-18-16-19-34(46)52-43-22-27(4)44(50)32(38(43)41(43,5)25-51-40(48)37(30)31)21-28(24-45)23-42(49)33(44)20-26(3)39(42)47/h7,9-18,20-21,27,29-33,35-38,45,49-50H,2,6,8,19,22-25H2,1,3-5H3/b10-9+,12-11+,14-13+,17-15+,18-16+/t27-,29?,30+,31+,32+,33-,35+,36-,37+,38-,41-,42-,43+,44-/m1/s1. The van der Waals surface area contributed by atoms with Crippen LogP contribution in [0.25, 0.3) is 0 Å². The Hall–Kier alpha value is -3.59. The lowest BCUT2D eigenvalue weighted by Gasteiger charge is -2.50. The Bertz CT molecular complexity index is 1730. The summed E-state index contributed by atoms with van der Waals surface area (Å²) in [6, 6.07) is 0. The maximum atomic E-state index is 14.3. The number of aliphatic hydroxyl groups is 3. The van der Waals surface area contributed by atoms with Gasteiger partial charge >= 0.3 is 11.9 Å². The molecule has 4 saturated carbocycles. The van der Waals surface area contributed by atoms with Crippen molar-refractivity contribution in [3.63, 3.8) is 0 Å². The van der Waals surface area contributed by atoms with Gasteiger partial charge in [-0.3, -0.25) is 14.4 Å². The van der Waals surface area contributed by atoms with E-state index in [4.69, 9.17) is 9.47 Å². The maximum absolute atomic E-state index is 14.3. The molecule has 1 unspecified atom stereocenters. The minimum absolute atomic E-state index is 0.0199. The number of ether oxygens (including phenoxy) is 2. The number of allylic oxidation sites excluding steroid dienone is 10. The third-order valence-electron chi connectivity index (χ3n) is 14.0. The molecule has 6 aliphatic carbocycles. The number of hydrogen-bond acceptors (Lipinski definition) is 8. The van der Waals surface area contributed by atoms with Crippen LogP contribution in [0.4, 0.5) is 0 Å². The van der Waals surface area contributed by atoms with Crippen LogP contribution in [0.3, 0.4) is 0 Å². The first kappa shape index (κ1) is 36.8. The summed E-state index contributed by atoms with van der Waals surface area (Å²) in [5, 5.41) is 35.1. The summed E-state index contributed by atoms with van der Waals surface area (Å²) in [5.74, 6) is -3.61. The molecule has 1 aliphatic heterocycles. The van der Waals surface area contributed by atoms with Crippen LogP contribution in [-0.4, -0.2) is 63.1 Å². The molecule has 278 valence electrons. The van der Waals surface area contributed by atoms with Gasteiger partial charge in [-0.1, -0.05) is 106 Å². The van der Waals surface area contributed by atoms with E-state index in [9.17, 15) is 29.7 Å². The summed E-state index contributed by atoms with van der Waals surface area (Å²) < 4.78 is 12.7. The zero-order chi connectivity index (χ0) is 37.2. The number of ketones is 1. The van der Waals surface area contributed by atoms with Gasteiger partial charge in [-0.2, -0.15) is 0 Å². The van der Waals surface area contributed by atoms with Gasteiger partial charge in [0.1, 0.15) is 17.8 Å². The van der Waals surface area contributed by atoms with Crippen molar-refractivity contribution >= 4 is 17.7 Å². The van der Waals surface area contributed by atoms with Gasteiger partial charge in [0.2, 0.25) is 0 Å². The normalized spacial score (nSPS) is 47.2. The van der Waals surface area contributed by atoms with Crippen molar-refractivity contribution < 1.29 is 39.2 Å². The van der Waals surface area contributed by atoms with E-state index in [0.29, 0.717) is 11.1 Å². The first-order valence-corrected chi connectivity index (χ1v) is 19.2. The molecule has 4 fully saturated rings. The molecule has 0 radical (unpaired) electrons. The first-order valence-electron chi connectivity index (χ1n) is 19.2. The summed E-state index contributed by atoms with van der Waals surface area (Å²) in [7, 11) is 0. The molecular formula is C44H54O8. The molecule has 8 nitrogen and oxygen atoms in total. The SMILES string of the molecule is C=CC1[C@@H]2[C@@H]3/C=C/CC(=O)O[C@@]45C[C@@H](C)[C@@]6(O)[C@@H](C=C(CO)C[C@]7(O)C(=O)C(C)=C[C@@H]67)[C@@H]4[C@@]5(C)COC(=O)[C@H]3[C@@H](/C=C/C=C/C=C/C=C/CCC)[C@H]12. The van der Waals surface area contributed by atoms with E-state index in [1.807, 2.05) is 68.5 Å². The second-order valence-electron chi connectivity index (χ2n) is 16.8. The number of unbranched alkanes of at least 4 members (excludes halogenated alkanes) is 1. The Labute approximate surface area is 307 Å². The van der Waals surface area contributed by atoms with Gasteiger partial charge in [-0.25, -0.2) is 0 Å². The molecule has 1 spiro atoms. The fourth-order valence-corrected chi connectivity index (χ4v) is 11.6. The smallest absolute Gasteiger partial charge is 0.310 e. The number of rotatable bonds is 8. The van der Waals surface area contributed by atoms with Crippen molar-refractivity contribution in [3.8, 4) is 0 Å². The summed E-state index contributed by atoms with van der Waals surface area (Å²) in [6.07, 6.45) is 27.9. The van der Waals surface area contributed by atoms with E-state index >= 15 is 0 Å². The van der Waals surface area contributed by atoms with Gasteiger partial charge in [-0.05, 0) is 66.4 Å². The number of Topliss-reactive ketones (excluding diaryl/α,β-unsaturated/α-hetero) is 1. The molecule has 0 aromatic carbocycles. The minimum Gasteiger partial charge on any atom is -0.465 e. The molecular weight excluding hydrogens is 656 g/mol. The maximum Gasteiger partial charge on any atom is 0.310 e. The Morgan fingerprint density at radius 3 is 2.46 bits per heavy atom. The van der Waals surface area contributed by atoms with E-state index in [1.54, 1.807) is 19.1 Å². The van der Waals surface area contributed by atoms with Crippen LogP contribution in [0.2, 0.25) is 0 Å². The predicted octanol–water partition coefficient (Wildman–Crippen LogP) is 5.93. The van der Waals surface area contributed by atoms with Crippen LogP contribution in [-0.2, 0) is 23.9 Å². The molecule has 52 heavy (non-hydrogen) atoms. The van der Waals surface area contributed by atoms with Gasteiger partial charge in [0.25, 0.3) is 0 Å². The summed E-state index contributed by atoms with van der Waals surface area (Å²) in [4.78, 5) is 41.4. The number of fused-ring (bicyclic) bond motifs is 8. The largest absolute Gasteiger partial charge is 0.465 e. The highest BCUT2D eigenvalue weighted by atomic mass is 16.6. The number of cyclic esters (lactones) is 1. The molecule has 7 aliphatic rings. The first-order chi connectivity index (χ1) is 24.8. The lowest BCUT2D eigenvalue weighted by molar-refractivity contribution is -0.187. The molecule has 0 aromatic heterocycles. The summed E-state index contributed by atoms with van der Waals surface area (Å²) >= 11 is 0. The number of carbonyl (C=O) groups excluding carboxylic acids is 3. The fraction of sp³-hybridized carbons (Fsp3) is 0.568. The highest BCUT2D eigenvalue weighted by molar-refractivity contribution is 6.04. The Morgan fingerprint density at radius 2 is 1.75 bits per heavy atom. The second kappa shape index (κ2) is 13.4. The lowest BCUT2D eigenvalue weighted by Crippen LogP contribution is -2.61. The predicted molar refractivity (Wildman–Crippen MR) is 197 cm³/mol. The zero-order valence-corrected chi connectivity index (χ0v) is 30.8. The third kappa shape index (κ3) is 5.38. The summed E-state index contributed by atoms with van der Waals surface area (Å²) in [6.45, 7) is 11.3. The number of hydrogen-bond donors (Lipinski definition) is 3. The molecule has 8 heteroatoms. The van der Waals surface area contributed by atoms with E-state index in [0.717, 1.165) is 12.8 Å². The topological polar surface area (TPSA) is 130 Å². The molecule has 0 amide bonds. The van der Waals surface area contributed by atoms with Gasteiger partial charge in [0.15, 0.2) is 5.78 Å². The molecule has 0 bridgehead atoms.